The van der Waals surface area contributed by atoms with Crippen LogP contribution < -0.4 is 4.90 Å². The molecule has 5 aliphatic rings. The van der Waals surface area contributed by atoms with Crippen molar-refractivity contribution >= 4 is 77.6 Å². The van der Waals surface area contributed by atoms with Crippen LogP contribution in [0.5, 0.6) is 0 Å². The molecule has 5 aliphatic carbocycles. The molecule has 0 amide bonds. The summed E-state index contributed by atoms with van der Waals surface area (Å²) in [7, 11) is 0. The van der Waals surface area contributed by atoms with Crippen LogP contribution in [0.15, 0.2) is 157 Å². The van der Waals surface area contributed by atoms with Crippen LogP contribution in [0.25, 0.3) is 71.5 Å². The number of aromatic nitrogens is 1. The average Bonchev–Trinajstić information content (AvgIpc) is 4.00. The number of aryl methyl sites for hydroxylation is 1. The fraction of sp³-hybridized carbons (Fsp3) is 0.200. The van der Waals surface area contributed by atoms with Gasteiger partial charge in [0.05, 0.1) is 11.0 Å². The van der Waals surface area contributed by atoms with E-state index in [1.54, 1.807) is 5.57 Å². The van der Waals surface area contributed by atoms with Crippen LogP contribution in [0.4, 0.5) is 17.1 Å². The number of benzene rings is 6. The molecule has 0 saturated carbocycles. The summed E-state index contributed by atoms with van der Waals surface area (Å²) in [6, 6.07) is 44.8. The van der Waals surface area contributed by atoms with Crippen LogP contribution in [-0.4, -0.2) is 4.57 Å². The minimum absolute atomic E-state index is 0.0297. The molecule has 2 nitrogen and oxygen atoms in total. The van der Waals surface area contributed by atoms with Gasteiger partial charge in [-0.25, -0.2) is 0 Å². The van der Waals surface area contributed by atoms with E-state index in [1.807, 2.05) is 11.3 Å². The van der Waals surface area contributed by atoms with Gasteiger partial charge < -0.3 is 9.47 Å². The topological polar surface area (TPSA) is 8.17 Å². The van der Waals surface area contributed by atoms with Crippen molar-refractivity contribution in [3.05, 3.63) is 190 Å². The van der Waals surface area contributed by atoms with Crippen molar-refractivity contribution in [2.45, 2.75) is 77.0 Å². The molecule has 2 heterocycles. The highest BCUT2D eigenvalue weighted by molar-refractivity contribution is 7.20. The number of fused-ring (bicyclic) bond motifs is 11. The molecule has 8 aromatic rings. The molecule has 6 aromatic carbocycles. The lowest BCUT2D eigenvalue weighted by Crippen LogP contribution is -2.18. The first-order valence-electron chi connectivity index (χ1n) is 23.0. The minimum atomic E-state index is -0.0903. The van der Waals surface area contributed by atoms with Crippen LogP contribution >= 0.6 is 11.3 Å². The molecule has 0 N–H and O–H groups in total. The molecule has 0 spiro atoms. The lowest BCUT2D eigenvalue weighted by Gasteiger charge is -2.29. The van der Waals surface area contributed by atoms with Gasteiger partial charge in [0.2, 0.25) is 0 Å². The Hall–Kier alpha value is -6.42. The van der Waals surface area contributed by atoms with Crippen molar-refractivity contribution in [2.24, 2.45) is 0 Å². The molecular weight excluding hydrogens is 781 g/mol. The maximum absolute atomic E-state index is 2.53. The van der Waals surface area contributed by atoms with E-state index in [4.69, 9.17) is 0 Å². The quantitative estimate of drug-likeness (QED) is 0.168. The van der Waals surface area contributed by atoms with Gasteiger partial charge in [-0.2, -0.15) is 0 Å². The molecule has 0 radical (unpaired) electrons. The average molecular weight is 831 g/mol. The predicted molar refractivity (Wildman–Crippen MR) is 271 cm³/mol. The van der Waals surface area contributed by atoms with E-state index >= 15 is 0 Å². The second-order valence-electron chi connectivity index (χ2n) is 19.4. The molecule has 0 unspecified atom stereocenters. The number of anilines is 3. The van der Waals surface area contributed by atoms with Crippen LogP contribution in [0.1, 0.15) is 92.5 Å². The second-order valence-corrected chi connectivity index (χ2v) is 20.4. The highest BCUT2D eigenvalue weighted by atomic mass is 32.1. The SMILES string of the molecule is CC1(C)C2=C(C=CCC2)c2ccc(N(c3ccc(-c4cccc5c6c(sc45)C=CCC6)cc3)c3ccc4c(c3)c3cc5c(cc3n4C3=CCCC=C3)-c3ccccc3C5(C)C)cc21. The molecule has 0 fully saturated rings. The number of hydrogen-bond donors (Lipinski definition) is 0. The van der Waals surface area contributed by atoms with Gasteiger partial charge in [-0.05, 0) is 166 Å². The fourth-order valence-electron chi connectivity index (χ4n) is 12.0. The maximum Gasteiger partial charge on any atom is 0.0547 e. The third-order valence-electron chi connectivity index (χ3n) is 15.2. The van der Waals surface area contributed by atoms with Crippen molar-refractivity contribution < 1.29 is 0 Å². The first-order chi connectivity index (χ1) is 30.8. The molecule has 0 saturated heterocycles. The zero-order chi connectivity index (χ0) is 42.2. The summed E-state index contributed by atoms with van der Waals surface area (Å²) in [4.78, 5) is 3.93. The number of allylic oxidation sites excluding steroid dienone is 9. The minimum Gasteiger partial charge on any atom is -0.310 e. The van der Waals surface area contributed by atoms with Crippen molar-refractivity contribution in [3.63, 3.8) is 0 Å². The standard InChI is InChI=1S/C60H50N2S/c1-59(2)51-22-11-8-17-43(51)45-31-29-41(34-53(45)59)61(39-27-25-37(26-28-39)42-20-14-21-47-46-19-10-13-24-57(46)63-58(42)47)40-30-32-55-49(33-40)50-35-54-48(44-18-9-12-23-52(44)60(54,3)4)36-56(50)62(55)38-15-6-5-7-16-38/h6,8-9,12-18,20-21,23-36H,5,7,10-11,19,22H2,1-4H3. The Labute approximate surface area is 374 Å². The zero-order valence-electron chi connectivity index (χ0n) is 36.6. The first-order valence-corrected chi connectivity index (χ1v) is 23.8. The van der Waals surface area contributed by atoms with Crippen LogP contribution in [0.3, 0.4) is 0 Å². The summed E-state index contributed by atoms with van der Waals surface area (Å²) in [5, 5.41) is 4.01. The van der Waals surface area contributed by atoms with Crippen LogP contribution in [0.2, 0.25) is 0 Å². The van der Waals surface area contributed by atoms with Crippen molar-refractivity contribution in [1.29, 1.82) is 0 Å². The smallest absolute Gasteiger partial charge is 0.0547 e. The molecule has 0 atom stereocenters. The zero-order valence-corrected chi connectivity index (χ0v) is 37.4. The van der Waals surface area contributed by atoms with E-state index < -0.39 is 0 Å². The van der Waals surface area contributed by atoms with Crippen LogP contribution in [-0.2, 0) is 17.3 Å². The largest absolute Gasteiger partial charge is 0.310 e. The Morgan fingerprint density at radius 3 is 2.14 bits per heavy atom. The summed E-state index contributed by atoms with van der Waals surface area (Å²) in [5.74, 6) is 0. The monoisotopic (exact) mass is 830 g/mol. The van der Waals surface area contributed by atoms with Gasteiger partial charge in [-0.1, -0.05) is 124 Å². The van der Waals surface area contributed by atoms with E-state index in [-0.39, 0.29) is 10.8 Å². The summed E-state index contributed by atoms with van der Waals surface area (Å²) in [6.45, 7) is 9.66. The van der Waals surface area contributed by atoms with E-state index in [9.17, 15) is 0 Å². The third-order valence-corrected chi connectivity index (χ3v) is 16.5. The van der Waals surface area contributed by atoms with E-state index in [0.29, 0.717) is 0 Å². The summed E-state index contributed by atoms with van der Waals surface area (Å²) >= 11 is 1.95. The summed E-state index contributed by atoms with van der Waals surface area (Å²) < 4.78 is 3.92. The van der Waals surface area contributed by atoms with Gasteiger partial charge in [0.25, 0.3) is 0 Å². The third kappa shape index (κ3) is 5.36. The van der Waals surface area contributed by atoms with Gasteiger partial charge in [0, 0.05) is 53.9 Å². The van der Waals surface area contributed by atoms with E-state index in [2.05, 4.69) is 195 Å². The van der Waals surface area contributed by atoms with Crippen LogP contribution in [0, 0.1) is 0 Å². The number of thiophene rings is 1. The van der Waals surface area contributed by atoms with Gasteiger partial charge in [-0.3, -0.25) is 0 Å². The Morgan fingerprint density at radius 1 is 0.524 bits per heavy atom. The van der Waals surface area contributed by atoms with Crippen molar-refractivity contribution in [2.75, 3.05) is 4.90 Å². The molecule has 2 aromatic heterocycles. The van der Waals surface area contributed by atoms with Crippen molar-refractivity contribution in [3.8, 4) is 22.3 Å². The van der Waals surface area contributed by atoms with Gasteiger partial charge >= 0.3 is 0 Å². The Bertz CT molecular complexity index is 3440. The Balaban J connectivity index is 1.01. The molecule has 3 heteroatoms. The molecular formula is C60H50N2S. The Kier molecular flexibility index (Phi) is 7.99. The first kappa shape index (κ1) is 37.2. The fourth-order valence-corrected chi connectivity index (χ4v) is 13.3. The highest BCUT2D eigenvalue weighted by Crippen LogP contribution is 2.54. The summed E-state index contributed by atoms with van der Waals surface area (Å²) in [6.07, 6.45) is 23.1. The predicted octanol–water partition coefficient (Wildman–Crippen LogP) is 17.0. The molecule has 13 rings (SSSR count). The lowest BCUT2D eigenvalue weighted by molar-refractivity contribution is 0.607. The van der Waals surface area contributed by atoms with Crippen molar-refractivity contribution in [1.82, 2.24) is 4.57 Å². The molecule has 0 aliphatic heterocycles. The Morgan fingerprint density at radius 2 is 1.27 bits per heavy atom. The van der Waals surface area contributed by atoms with E-state index in [1.165, 1.54) is 109 Å². The maximum atomic E-state index is 2.53. The number of rotatable bonds is 5. The number of hydrogen-bond acceptors (Lipinski definition) is 2. The van der Waals surface area contributed by atoms with Gasteiger partial charge in [0.1, 0.15) is 0 Å². The highest BCUT2D eigenvalue weighted by Gasteiger charge is 2.39. The summed E-state index contributed by atoms with van der Waals surface area (Å²) in [5.41, 5.74) is 22.6. The molecule has 63 heavy (non-hydrogen) atoms. The molecule has 0 bridgehead atoms. The number of nitrogens with zero attached hydrogens (tertiary/aromatic N) is 2. The lowest BCUT2D eigenvalue weighted by atomic mass is 9.78. The van der Waals surface area contributed by atoms with Gasteiger partial charge in [-0.15, -0.1) is 11.3 Å². The normalized spacial score (nSPS) is 17.6. The van der Waals surface area contributed by atoms with E-state index in [0.717, 1.165) is 44.2 Å². The second kappa shape index (κ2) is 13.5. The molecule has 306 valence electrons. The van der Waals surface area contributed by atoms with Gasteiger partial charge in [0.15, 0.2) is 0 Å².